The number of carbonyl (C=O) groups is 1. The molecule has 0 bridgehead atoms. The zero-order valence-corrected chi connectivity index (χ0v) is 15.4. The molecule has 132 valence electrons. The average molecular weight is 344 g/mol. The minimum absolute atomic E-state index is 0.105. The lowest BCUT2D eigenvalue weighted by Crippen LogP contribution is -2.45. The maximum Gasteiger partial charge on any atom is 0.243 e. The van der Waals surface area contributed by atoms with Gasteiger partial charge in [-0.3, -0.25) is 4.79 Å². The Morgan fingerprint density at radius 1 is 1.12 bits per heavy atom. The minimum atomic E-state index is 0.105. The van der Waals surface area contributed by atoms with Crippen LogP contribution in [0.3, 0.4) is 0 Å². The summed E-state index contributed by atoms with van der Waals surface area (Å²) in [5, 5.41) is 1.35. The van der Waals surface area contributed by atoms with Gasteiger partial charge in [0.1, 0.15) is 6.54 Å². The van der Waals surface area contributed by atoms with Crippen LogP contribution >= 0.6 is 0 Å². The van der Waals surface area contributed by atoms with E-state index in [1.165, 1.54) is 33.3 Å². The maximum atomic E-state index is 13.2. The number of aromatic nitrogens is 1. The van der Waals surface area contributed by atoms with E-state index in [4.69, 9.17) is 0 Å². The largest absolute Gasteiger partial charge is 0.333 e. The topological polar surface area (TPSA) is 25.2 Å². The first-order valence-electron chi connectivity index (χ1n) is 9.63. The van der Waals surface area contributed by atoms with Gasteiger partial charge in [0.05, 0.1) is 12.1 Å². The number of hydrogen-bond acceptors (Lipinski definition) is 1. The van der Waals surface area contributed by atoms with E-state index < -0.39 is 0 Å². The fourth-order valence-electron chi connectivity index (χ4n) is 5.02. The number of aryl methyl sites for hydroxylation is 2. The molecule has 0 saturated carbocycles. The van der Waals surface area contributed by atoms with Crippen LogP contribution in [0.4, 0.5) is 0 Å². The third kappa shape index (κ3) is 2.16. The second-order valence-electron chi connectivity index (χ2n) is 7.77. The monoisotopic (exact) mass is 344 g/mol. The normalized spacial score (nSPS) is 20.3. The van der Waals surface area contributed by atoms with E-state index in [1.807, 2.05) is 6.07 Å². The highest BCUT2D eigenvalue weighted by molar-refractivity contribution is 5.90. The Kier molecular flexibility index (Phi) is 3.46. The predicted octanol–water partition coefficient (Wildman–Crippen LogP) is 4.93. The minimum Gasteiger partial charge on any atom is -0.333 e. The summed E-state index contributed by atoms with van der Waals surface area (Å²) in [5.41, 5.74) is 6.60. The van der Waals surface area contributed by atoms with Crippen molar-refractivity contribution < 1.29 is 4.79 Å². The summed E-state index contributed by atoms with van der Waals surface area (Å²) in [4.78, 5) is 15.3. The van der Waals surface area contributed by atoms with Crippen LogP contribution in [0.15, 0.2) is 48.5 Å². The summed E-state index contributed by atoms with van der Waals surface area (Å²) < 4.78 is 2.30. The van der Waals surface area contributed by atoms with Crippen LogP contribution < -0.4 is 0 Å². The van der Waals surface area contributed by atoms with Crippen molar-refractivity contribution in [1.29, 1.82) is 0 Å². The Bertz CT molecular complexity index is 1000. The van der Waals surface area contributed by atoms with E-state index in [-0.39, 0.29) is 18.0 Å². The van der Waals surface area contributed by atoms with Gasteiger partial charge < -0.3 is 9.47 Å². The molecule has 2 heterocycles. The number of benzene rings is 2. The summed E-state index contributed by atoms with van der Waals surface area (Å²) in [7, 11) is 0. The molecule has 0 fully saturated rings. The van der Waals surface area contributed by atoms with Crippen molar-refractivity contribution in [2.45, 2.75) is 51.7 Å². The molecule has 1 aromatic heterocycles. The van der Waals surface area contributed by atoms with Gasteiger partial charge in [-0.2, -0.15) is 0 Å². The number of carbonyl (C=O) groups excluding carboxylic acids is 1. The zero-order chi connectivity index (χ0) is 17.8. The molecule has 2 atom stereocenters. The van der Waals surface area contributed by atoms with Crippen LogP contribution in [0, 0.1) is 6.92 Å². The SMILES string of the molecule is Cc1ccc2c(c1)c1c3n2CC(=O)N([C@H](C)c2ccccc2)[C@@H]3CCC1. The number of rotatable bonds is 2. The Labute approximate surface area is 154 Å². The molecule has 0 saturated heterocycles. The Morgan fingerprint density at radius 3 is 2.73 bits per heavy atom. The molecule has 1 amide bonds. The van der Waals surface area contributed by atoms with Gasteiger partial charge in [0, 0.05) is 16.6 Å². The molecule has 5 rings (SSSR count). The average Bonchev–Trinajstić information content (AvgIpc) is 2.97. The van der Waals surface area contributed by atoms with Crippen LogP contribution in [0.5, 0.6) is 0 Å². The standard InChI is InChI=1S/C23H24N2O/c1-15-11-12-20-19(13-15)18-9-6-10-21-23(18)24(20)14-22(26)25(21)16(2)17-7-4-3-5-8-17/h3-5,7-8,11-13,16,21H,6,9-10,14H2,1-2H3/t16-,21-/m1/s1. The van der Waals surface area contributed by atoms with E-state index in [2.05, 4.69) is 65.8 Å². The van der Waals surface area contributed by atoms with Gasteiger partial charge >= 0.3 is 0 Å². The first kappa shape index (κ1) is 15.7. The van der Waals surface area contributed by atoms with Crippen LogP contribution in [0.2, 0.25) is 0 Å². The van der Waals surface area contributed by atoms with Gasteiger partial charge in [0.25, 0.3) is 0 Å². The molecule has 1 aliphatic carbocycles. The van der Waals surface area contributed by atoms with E-state index >= 15 is 0 Å². The maximum absolute atomic E-state index is 13.2. The molecule has 2 aromatic carbocycles. The van der Waals surface area contributed by atoms with Crippen LogP contribution in [0.25, 0.3) is 10.9 Å². The molecule has 3 aromatic rings. The van der Waals surface area contributed by atoms with Crippen molar-refractivity contribution in [3.05, 3.63) is 70.9 Å². The highest BCUT2D eigenvalue weighted by atomic mass is 16.2. The van der Waals surface area contributed by atoms with Crippen molar-refractivity contribution in [1.82, 2.24) is 9.47 Å². The fraction of sp³-hybridized carbons (Fsp3) is 0.348. The van der Waals surface area contributed by atoms with Crippen LogP contribution in [0.1, 0.15) is 54.2 Å². The van der Waals surface area contributed by atoms with Gasteiger partial charge in [-0.15, -0.1) is 0 Å². The van der Waals surface area contributed by atoms with Crippen LogP contribution in [-0.4, -0.2) is 15.4 Å². The molecule has 2 aliphatic rings. The van der Waals surface area contributed by atoms with E-state index in [0.29, 0.717) is 6.54 Å². The smallest absolute Gasteiger partial charge is 0.243 e. The molecule has 0 spiro atoms. The molecule has 3 nitrogen and oxygen atoms in total. The molecule has 3 heteroatoms. The zero-order valence-electron chi connectivity index (χ0n) is 15.4. The van der Waals surface area contributed by atoms with Crippen molar-refractivity contribution in [3.63, 3.8) is 0 Å². The summed E-state index contributed by atoms with van der Waals surface area (Å²) in [6.45, 7) is 4.78. The van der Waals surface area contributed by atoms with Gasteiger partial charge in [-0.05, 0) is 56.4 Å². The van der Waals surface area contributed by atoms with Gasteiger partial charge in [0.15, 0.2) is 0 Å². The molecule has 0 unspecified atom stereocenters. The number of hydrogen-bond donors (Lipinski definition) is 0. The highest BCUT2D eigenvalue weighted by Crippen LogP contribution is 2.45. The van der Waals surface area contributed by atoms with Crippen molar-refractivity contribution >= 4 is 16.8 Å². The number of amides is 1. The molecule has 1 aliphatic heterocycles. The fourth-order valence-corrected chi connectivity index (χ4v) is 5.02. The molecule has 0 radical (unpaired) electrons. The molecular weight excluding hydrogens is 320 g/mol. The summed E-state index contributed by atoms with van der Waals surface area (Å²) in [6.07, 6.45) is 3.34. The van der Waals surface area contributed by atoms with Crippen molar-refractivity contribution in [2.24, 2.45) is 0 Å². The lowest BCUT2D eigenvalue weighted by atomic mass is 9.88. The Morgan fingerprint density at radius 2 is 1.92 bits per heavy atom. The number of fused-ring (bicyclic) bond motifs is 3. The second kappa shape index (κ2) is 5.73. The highest BCUT2D eigenvalue weighted by Gasteiger charge is 2.40. The lowest BCUT2D eigenvalue weighted by Gasteiger charge is -2.43. The van der Waals surface area contributed by atoms with Crippen LogP contribution in [-0.2, 0) is 17.8 Å². The molecular formula is C23H24N2O. The third-order valence-corrected chi connectivity index (χ3v) is 6.20. The predicted molar refractivity (Wildman–Crippen MR) is 104 cm³/mol. The van der Waals surface area contributed by atoms with E-state index in [1.54, 1.807) is 0 Å². The Hall–Kier alpha value is -2.55. The van der Waals surface area contributed by atoms with E-state index in [0.717, 1.165) is 19.3 Å². The Balaban J connectivity index is 1.68. The summed E-state index contributed by atoms with van der Waals surface area (Å²) >= 11 is 0. The van der Waals surface area contributed by atoms with E-state index in [9.17, 15) is 4.79 Å². The first-order valence-corrected chi connectivity index (χ1v) is 9.63. The third-order valence-electron chi connectivity index (χ3n) is 6.20. The van der Waals surface area contributed by atoms with Gasteiger partial charge in [0.2, 0.25) is 5.91 Å². The first-order chi connectivity index (χ1) is 12.6. The molecule has 26 heavy (non-hydrogen) atoms. The quantitative estimate of drug-likeness (QED) is 0.647. The second-order valence-corrected chi connectivity index (χ2v) is 7.77. The van der Waals surface area contributed by atoms with Crippen molar-refractivity contribution in [2.75, 3.05) is 0 Å². The summed E-state index contributed by atoms with van der Waals surface area (Å²) in [5.74, 6) is 0.241. The van der Waals surface area contributed by atoms with Crippen molar-refractivity contribution in [3.8, 4) is 0 Å². The number of nitrogens with zero attached hydrogens (tertiary/aromatic N) is 2. The lowest BCUT2D eigenvalue weighted by molar-refractivity contribution is -0.139. The summed E-state index contributed by atoms with van der Waals surface area (Å²) in [6, 6.07) is 17.4. The molecule has 0 N–H and O–H groups in total. The van der Waals surface area contributed by atoms with Gasteiger partial charge in [-0.25, -0.2) is 0 Å². The van der Waals surface area contributed by atoms with Gasteiger partial charge in [-0.1, -0.05) is 42.0 Å².